The van der Waals surface area contributed by atoms with Crippen LogP contribution in [0.15, 0.2) is 72.2 Å². The minimum absolute atomic E-state index is 0.321. The summed E-state index contributed by atoms with van der Waals surface area (Å²) in [7, 11) is 0. The molecular formula is C17H18N4O2. The van der Waals surface area contributed by atoms with Crippen LogP contribution in [0.1, 0.15) is 11.9 Å². The number of para-hydroxylation sites is 1. The van der Waals surface area contributed by atoms with Gasteiger partial charge in [-0.1, -0.05) is 48.5 Å². The number of allylic oxidation sites excluding steroid dienone is 1. The van der Waals surface area contributed by atoms with Crippen LogP contribution in [0.5, 0.6) is 0 Å². The van der Waals surface area contributed by atoms with E-state index in [2.05, 4.69) is 10.6 Å². The number of hydrogen-bond acceptors (Lipinski definition) is 6. The summed E-state index contributed by atoms with van der Waals surface area (Å²) in [6.07, 6.45) is 0.0883. The van der Waals surface area contributed by atoms with Crippen LogP contribution in [0.3, 0.4) is 0 Å². The van der Waals surface area contributed by atoms with E-state index in [4.69, 9.17) is 20.6 Å². The zero-order valence-corrected chi connectivity index (χ0v) is 12.4. The topological polar surface area (TPSA) is 92.4 Å². The second-order valence-corrected chi connectivity index (χ2v) is 4.95. The zero-order valence-electron chi connectivity index (χ0n) is 12.4. The smallest absolute Gasteiger partial charge is 0.243 e. The molecule has 0 radical (unpaired) electrons. The highest BCUT2D eigenvalue weighted by Gasteiger charge is 2.32. The van der Waals surface area contributed by atoms with Crippen LogP contribution in [0.2, 0.25) is 0 Å². The second kappa shape index (κ2) is 6.95. The summed E-state index contributed by atoms with van der Waals surface area (Å²) in [4.78, 5) is 0. The number of hydrogen-bond donors (Lipinski definition) is 4. The van der Waals surface area contributed by atoms with Gasteiger partial charge in [0, 0.05) is 17.5 Å². The van der Waals surface area contributed by atoms with Gasteiger partial charge in [-0.15, -0.1) is 0 Å². The molecule has 2 aromatic rings. The predicted molar refractivity (Wildman–Crippen MR) is 88.3 cm³/mol. The van der Waals surface area contributed by atoms with E-state index in [9.17, 15) is 0 Å². The summed E-state index contributed by atoms with van der Waals surface area (Å²) in [6.45, 7) is 0. The molecule has 1 aliphatic heterocycles. The van der Waals surface area contributed by atoms with Crippen molar-refractivity contribution in [3.8, 4) is 0 Å². The first-order chi connectivity index (χ1) is 11.3. The second-order valence-electron chi connectivity index (χ2n) is 4.95. The van der Waals surface area contributed by atoms with Gasteiger partial charge in [0.1, 0.15) is 5.82 Å². The number of nitrogens with one attached hydrogen (secondary N) is 3. The van der Waals surface area contributed by atoms with Crippen molar-refractivity contribution in [2.24, 2.45) is 5.73 Å². The van der Waals surface area contributed by atoms with E-state index in [-0.39, 0.29) is 0 Å². The van der Waals surface area contributed by atoms with Crippen molar-refractivity contribution in [2.45, 2.75) is 12.7 Å². The van der Waals surface area contributed by atoms with Gasteiger partial charge in [0.25, 0.3) is 0 Å². The number of ether oxygens (including phenoxy) is 2. The van der Waals surface area contributed by atoms with Crippen LogP contribution in [0.25, 0.3) is 0 Å². The fraction of sp³-hybridized carbons (Fsp3) is 0.118. The molecule has 5 N–H and O–H groups in total. The molecule has 6 nitrogen and oxygen atoms in total. The number of benzene rings is 2. The van der Waals surface area contributed by atoms with Gasteiger partial charge in [-0.2, -0.15) is 0 Å². The third-order valence-electron chi connectivity index (χ3n) is 3.33. The number of anilines is 1. The molecule has 118 valence electrons. The van der Waals surface area contributed by atoms with Crippen molar-refractivity contribution in [1.29, 1.82) is 5.41 Å². The Morgan fingerprint density at radius 3 is 2.22 bits per heavy atom. The van der Waals surface area contributed by atoms with E-state index in [0.29, 0.717) is 11.5 Å². The highest BCUT2D eigenvalue weighted by molar-refractivity contribution is 5.77. The summed E-state index contributed by atoms with van der Waals surface area (Å²) in [5.74, 6) is 0.321. The van der Waals surface area contributed by atoms with Crippen molar-refractivity contribution in [1.82, 2.24) is 5.32 Å². The Morgan fingerprint density at radius 1 is 1.00 bits per heavy atom. The Labute approximate surface area is 134 Å². The van der Waals surface area contributed by atoms with Crippen molar-refractivity contribution >= 4 is 11.9 Å². The Morgan fingerprint density at radius 2 is 1.61 bits per heavy atom. The lowest BCUT2D eigenvalue weighted by molar-refractivity contribution is -0.398. The third-order valence-corrected chi connectivity index (χ3v) is 3.33. The minimum Gasteiger partial charge on any atom is -0.383 e. The molecule has 3 rings (SSSR count). The van der Waals surface area contributed by atoms with Gasteiger partial charge in [-0.3, -0.25) is 0 Å². The van der Waals surface area contributed by atoms with Gasteiger partial charge in [0.05, 0.1) is 5.70 Å². The molecule has 0 aromatic heterocycles. The van der Waals surface area contributed by atoms with E-state index in [1.807, 2.05) is 60.7 Å². The average molecular weight is 310 g/mol. The monoisotopic (exact) mass is 310 g/mol. The van der Waals surface area contributed by atoms with Crippen molar-refractivity contribution in [3.05, 3.63) is 77.7 Å². The number of rotatable bonds is 6. The molecule has 0 saturated carbocycles. The van der Waals surface area contributed by atoms with Gasteiger partial charge in [-0.05, 0) is 12.1 Å². The van der Waals surface area contributed by atoms with E-state index in [1.54, 1.807) is 0 Å². The van der Waals surface area contributed by atoms with Crippen LogP contribution in [-0.2, 0) is 9.47 Å². The molecular weight excluding hydrogens is 292 g/mol. The highest BCUT2D eigenvalue weighted by Crippen LogP contribution is 2.30. The highest BCUT2D eigenvalue weighted by atomic mass is 16.9. The molecule has 0 atom stereocenters. The standard InChI is InChI=1S/C17H18N4O2/c18-11-14(15(19)20-13-9-5-2-6-10-13)21-17-22-16(23-17)12-7-3-1-4-8-12/h1-11,16-18,20-21H,19H2/b15-14+,18-11?. The van der Waals surface area contributed by atoms with Gasteiger partial charge in [0.2, 0.25) is 6.41 Å². The average Bonchev–Trinajstić information content (AvgIpc) is 2.55. The molecule has 1 heterocycles. The SMILES string of the molecule is N=C/C(NC1OC(c2ccccc2)O1)=C(/N)Nc1ccccc1. The quantitative estimate of drug-likeness (QED) is 0.615. The van der Waals surface area contributed by atoms with E-state index in [1.165, 1.54) is 0 Å². The summed E-state index contributed by atoms with van der Waals surface area (Å²) in [5.41, 5.74) is 8.15. The first kappa shape index (κ1) is 15.1. The first-order valence-corrected chi connectivity index (χ1v) is 7.21. The van der Waals surface area contributed by atoms with Gasteiger partial charge >= 0.3 is 0 Å². The number of nitrogens with two attached hydrogens (primary N) is 1. The van der Waals surface area contributed by atoms with Crippen molar-refractivity contribution < 1.29 is 9.47 Å². The maximum atomic E-state index is 7.49. The van der Waals surface area contributed by atoms with E-state index in [0.717, 1.165) is 17.5 Å². The van der Waals surface area contributed by atoms with Crippen LogP contribution in [-0.4, -0.2) is 12.6 Å². The molecule has 0 amide bonds. The molecule has 6 heteroatoms. The van der Waals surface area contributed by atoms with Gasteiger partial charge in [0.15, 0.2) is 6.29 Å². The molecule has 23 heavy (non-hydrogen) atoms. The zero-order chi connectivity index (χ0) is 16.1. The summed E-state index contributed by atoms with van der Waals surface area (Å²) < 4.78 is 11.2. The Hall–Kier alpha value is -2.83. The predicted octanol–water partition coefficient (Wildman–Crippen LogP) is 2.49. The first-order valence-electron chi connectivity index (χ1n) is 7.21. The lowest BCUT2D eigenvalue weighted by Crippen LogP contribution is -2.46. The Kier molecular flexibility index (Phi) is 4.56. The van der Waals surface area contributed by atoms with Crippen LogP contribution in [0.4, 0.5) is 5.69 Å². The molecule has 0 unspecified atom stereocenters. The normalized spacial score (nSPS) is 20.9. The van der Waals surface area contributed by atoms with E-state index >= 15 is 0 Å². The Bertz CT molecular complexity index is 682. The van der Waals surface area contributed by atoms with Gasteiger partial charge in [-0.25, -0.2) is 0 Å². The third kappa shape index (κ3) is 3.68. The molecule has 2 aromatic carbocycles. The molecule has 0 aliphatic carbocycles. The van der Waals surface area contributed by atoms with Crippen LogP contribution < -0.4 is 16.4 Å². The largest absolute Gasteiger partial charge is 0.383 e. The fourth-order valence-corrected chi connectivity index (χ4v) is 2.14. The maximum absolute atomic E-state index is 7.49. The molecule has 0 spiro atoms. The Balaban J connectivity index is 1.58. The summed E-state index contributed by atoms with van der Waals surface area (Å²) in [5, 5.41) is 13.4. The van der Waals surface area contributed by atoms with E-state index < -0.39 is 12.7 Å². The fourth-order valence-electron chi connectivity index (χ4n) is 2.14. The summed E-state index contributed by atoms with van der Waals surface area (Å²) >= 11 is 0. The lowest BCUT2D eigenvalue weighted by Gasteiger charge is -2.37. The van der Waals surface area contributed by atoms with Crippen LogP contribution >= 0.6 is 0 Å². The molecule has 1 saturated heterocycles. The maximum Gasteiger partial charge on any atom is 0.243 e. The molecule has 0 bridgehead atoms. The van der Waals surface area contributed by atoms with Gasteiger partial charge < -0.3 is 31.3 Å². The summed E-state index contributed by atoms with van der Waals surface area (Å²) in [6, 6.07) is 19.1. The minimum atomic E-state index is -0.632. The van der Waals surface area contributed by atoms with Crippen LogP contribution in [0, 0.1) is 5.41 Å². The van der Waals surface area contributed by atoms with Crippen molar-refractivity contribution in [3.63, 3.8) is 0 Å². The van der Waals surface area contributed by atoms with Crippen molar-refractivity contribution in [2.75, 3.05) is 5.32 Å². The molecule has 1 fully saturated rings. The lowest BCUT2D eigenvalue weighted by atomic mass is 10.2. The molecule has 1 aliphatic rings.